The lowest BCUT2D eigenvalue weighted by atomic mass is 10.9. The Hall–Kier alpha value is 1.31. The van der Waals surface area contributed by atoms with Gasteiger partial charge < -0.3 is 2.84 Å². The summed E-state index contributed by atoms with van der Waals surface area (Å²) in [7, 11) is 0. The number of hydrogen-bond donors (Lipinski definition) is 0. The fraction of sp³-hybridized carbons (Fsp3) is 1.00. The van der Waals surface area contributed by atoms with Gasteiger partial charge in [0.1, 0.15) is 0 Å². The van der Waals surface area contributed by atoms with E-state index in [0.29, 0.717) is 0 Å². The van der Waals surface area contributed by atoms with Crippen molar-refractivity contribution in [3.63, 3.8) is 0 Å². The molecule has 0 N–H and O–H groups in total. The molecule has 0 bridgehead atoms. The summed E-state index contributed by atoms with van der Waals surface area (Å²) in [6, 6.07) is 0. The van der Waals surface area contributed by atoms with Crippen LogP contribution in [0.1, 0.15) is 20.8 Å². The van der Waals surface area contributed by atoms with E-state index in [1.807, 2.05) is 0 Å². The Morgan fingerprint density at radius 3 is 2.00 bits per heavy atom. The average Bonchev–Trinajstić information content (AvgIpc) is 1.91. The summed E-state index contributed by atoms with van der Waals surface area (Å²) >= 11 is -0.734. The van der Waals surface area contributed by atoms with Crippen molar-refractivity contribution >= 4 is 42.4 Å². The molecule has 0 aromatic carbocycles. The maximum absolute atomic E-state index is 5.77. The van der Waals surface area contributed by atoms with Gasteiger partial charge >= 0.3 is 30.0 Å². The summed E-state index contributed by atoms with van der Waals surface area (Å²) in [6.07, 6.45) is 0. The Labute approximate surface area is 81.7 Å². The van der Waals surface area contributed by atoms with Crippen molar-refractivity contribution < 1.29 is 2.84 Å². The first-order chi connectivity index (χ1) is 4.35. The molecule has 0 spiro atoms. The van der Waals surface area contributed by atoms with Gasteiger partial charge in [0.2, 0.25) is 0 Å². The minimum Gasteiger partial charge on any atom is -0.639 e. The molecule has 0 saturated carbocycles. The molecule has 0 aromatic heterocycles. The molecule has 0 aromatic rings. The summed E-state index contributed by atoms with van der Waals surface area (Å²) in [6.45, 7) is 6.73. The number of rotatable bonds is 5. The van der Waals surface area contributed by atoms with Crippen molar-refractivity contribution in [1.29, 1.82) is 0 Å². The number of hydrogen-bond acceptors (Lipinski definition) is 1. The Balaban J connectivity index is 0. The molecule has 0 saturated heterocycles. The summed E-state index contributed by atoms with van der Waals surface area (Å²) in [5.41, 5.74) is 0. The Bertz CT molecular complexity index is 59.7. The van der Waals surface area contributed by atoms with Crippen LogP contribution in [0.15, 0.2) is 0 Å². The van der Waals surface area contributed by atoms with Gasteiger partial charge in [0, 0.05) is 0 Å². The molecule has 0 atom stereocenters. The zero-order valence-corrected chi connectivity index (χ0v) is 10.6. The third-order valence-corrected chi connectivity index (χ3v) is 6.53. The second-order valence-corrected chi connectivity index (χ2v) is 7.93. The van der Waals surface area contributed by atoms with Gasteiger partial charge in [-0.1, -0.05) is 36.6 Å². The molecule has 4 heteroatoms. The highest BCUT2D eigenvalue weighted by atomic mass is 35.5. The lowest BCUT2D eigenvalue weighted by Gasteiger charge is -2.06. The van der Waals surface area contributed by atoms with E-state index in [-0.39, 0.29) is 28.0 Å². The highest BCUT2D eigenvalue weighted by Gasteiger charge is 2.12. The Kier molecular flexibility index (Phi) is 14.3. The zero-order valence-electron chi connectivity index (χ0n) is 7.22. The van der Waals surface area contributed by atoms with E-state index in [9.17, 15) is 0 Å². The van der Waals surface area contributed by atoms with Crippen molar-refractivity contribution in [3.05, 3.63) is 0 Å². The predicted octanol–water partition coefficient (Wildman–Crippen LogP) is 2.25. The van der Waals surface area contributed by atoms with Crippen molar-refractivity contribution in [2.24, 2.45) is 0 Å². The van der Waals surface area contributed by atoms with E-state index in [1.54, 1.807) is 0 Å². The lowest BCUT2D eigenvalue weighted by molar-refractivity contribution is 0.605. The van der Waals surface area contributed by atoms with E-state index < -0.39 is 14.5 Å². The maximum atomic E-state index is 5.77. The van der Waals surface area contributed by atoms with Crippen molar-refractivity contribution in [1.82, 2.24) is 0 Å². The quantitative estimate of drug-likeness (QED) is 0.610. The molecule has 0 radical (unpaired) electrons. The van der Waals surface area contributed by atoms with E-state index >= 15 is 0 Å². The topological polar surface area (TPSA) is 9.23 Å². The van der Waals surface area contributed by atoms with E-state index in [4.69, 9.17) is 2.84 Å². The average molecular weight is 195 g/mol. The third-order valence-electron chi connectivity index (χ3n) is 1.47. The minimum atomic E-state index is -0.648. The largest absolute Gasteiger partial charge is 0.639 e. The van der Waals surface area contributed by atoms with Crippen LogP contribution in [0.25, 0.3) is 0 Å². The van der Waals surface area contributed by atoms with Gasteiger partial charge in [-0.05, 0) is 0 Å². The zero-order chi connectivity index (χ0) is 7.11. The molecule has 1 nitrogen and oxygen atoms in total. The first kappa shape index (κ1) is 13.9. The van der Waals surface area contributed by atoms with Gasteiger partial charge in [-0.3, -0.25) is 0 Å². The molecule has 0 aliphatic rings. The van der Waals surface area contributed by atoms with Crippen molar-refractivity contribution in [2.75, 3.05) is 0 Å². The molecule has 0 heterocycles. The molecule has 0 fully saturated rings. The van der Waals surface area contributed by atoms with Crippen LogP contribution in [0.5, 0.6) is 0 Å². The molecule has 10 heavy (non-hydrogen) atoms. The van der Waals surface area contributed by atoms with Gasteiger partial charge in [0.05, 0.1) is 0 Å². The summed E-state index contributed by atoms with van der Waals surface area (Å²) in [5.74, 6) is 0. The van der Waals surface area contributed by atoms with Gasteiger partial charge in [-0.15, -0.1) is 12.4 Å². The Morgan fingerprint density at radius 2 is 1.70 bits per heavy atom. The van der Waals surface area contributed by atoms with Crippen LogP contribution in [0.4, 0.5) is 0 Å². The van der Waals surface area contributed by atoms with Crippen LogP contribution in [-0.4, -0.2) is 30.0 Å². The fourth-order valence-corrected chi connectivity index (χ4v) is 5.55. The predicted molar refractivity (Wildman–Crippen MR) is 52.7 cm³/mol. The molecule has 60 valence electrons. The first-order valence-electron chi connectivity index (χ1n) is 3.96. The minimum absolute atomic E-state index is 0. The second kappa shape index (κ2) is 10.3. The van der Waals surface area contributed by atoms with Gasteiger partial charge in [-0.2, -0.15) is 0 Å². The van der Waals surface area contributed by atoms with Crippen LogP contribution < -0.4 is 0 Å². The summed E-state index contributed by atoms with van der Waals surface area (Å²) in [4.78, 5) is 0. The van der Waals surface area contributed by atoms with E-state index in [0.717, 1.165) is 0 Å². The fourth-order valence-electron chi connectivity index (χ4n) is 0.809. The van der Waals surface area contributed by atoms with Gasteiger partial charge in [-0.25, -0.2) is 0 Å². The van der Waals surface area contributed by atoms with Crippen LogP contribution >= 0.6 is 12.4 Å². The summed E-state index contributed by atoms with van der Waals surface area (Å²) in [5, 5.41) is 3.95. The highest BCUT2D eigenvalue weighted by molar-refractivity contribution is 6.58. The summed E-state index contributed by atoms with van der Waals surface area (Å²) < 4.78 is 5.77. The van der Waals surface area contributed by atoms with Gasteiger partial charge in [0.25, 0.3) is 0 Å². The number of halogens is 1. The smallest absolute Gasteiger partial charge is 0.429 e. The van der Waals surface area contributed by atoms with Crippen LogP contribution in [0.2, 0.25) is 15.8 Å². The standard InChI is InChI=1S/3C2H5.2Al.ClH.O.H/c3*1-2;;;;;/h3*1H2,2H3;;;1H;;. The molecule has 0 aliphatic heterocycles. The van der Waals surface area contributed by atoms with E-state index in [2.05, 4.69) is 20.8 Å². The van der Waals surface area contributed by atoms with E-state index in [1.165, 1.54) is 15.8 Å². The van der Waals surface area contributed by atoms with Crippen LogP contribution in [0.3, 0.4) is 0 Å². The van der Waals surface area contributed by atoms with Crippen molar-refractivity contribution in [2.45, 2.75) is 36.6 Å². The van der Waals surface area contributed by atoms with Crippen molar-refractivity contribution in [3.8, 4) is 0 Å². The molecular weight excluding hydrogens is 177 g/mol. The molecule has 0 unspecified atom stereocenters. The molecule has 0 rings (SSSR count). The SMILES string of the molecule is C[CH2][AlH][O][Al]([CH2]C)[CH2]C.Cl. The first-order valence-corrected chi connectivity index (χ1v) is 7.64. The highest BCUT2D eigenvalue weighted by Crippen LogP contribution is 1.98. The monoisotopic (exact) mass is 194 g/mol. The molecule has 0 amide bonds. The van der Waals surface area contributed by atoms with Crippen LogP contribution in [-0.2, 0) is 2.84 Å². The normalized spacial score (nSPS) is 8.30. The van der Waals surface area contributed by atoms with Crippen LogP contribution in [0, 0.1) is 0 Å². The van der Waals surface area contributed by atoms with Gasteiger partial charge in [0.15, 0.2) is 0 Å². The Morgan fingerprint density at radius 1 is 1.20 bits per heavy atom. The second-order valence-electron chi connectivity index (χ2n) is 2.31. The lowest BCUT2D eigenvalue weighted by Crippen LogP contribution is -2.17. The third kappa shape index (κ3) is 7.42. The molecular formula is C6H17Al2ClO. The maximum Gasteiger partial charge on any atom is 0.429 e. The molecule has 0 aliphatic carbocycles.